The van der Waals surface area contributed by atoms with Crippen LogP contribution in [0.5, 0.6) is 0 Å². The van der Waals surface area contributed by atoms with Gasteiger partial charge < -0.3 is 0 Å². The van der Waals surface area contributed by atoms with Gasteiger partial charge in [-0.3, -0.25) is 4.79 Å². The van der Waals surface area contributed by atoms with Gasteiger partial charge in [-0.1, -0.05) is 26.8 Å². The van der Waals surface area contributed by atoms with E-state index in [4.69, 9.17) is 0 Å². The third kappa shape index (κ3) is 4.65. The molecule has 0 N–H and O–H groups in total. The average molecular weight is 276 g/mol. The van der Waals surface area contributed by atoms with Gasteiger partial charge >= 0.3 is 6.18 Å². The van der Waals surface area contributed by atoms with Crippen LogP contribution in [-0.4, -0.2) is 5.78 Å². The van der Waals surface area contributed by atoms with Gasteiger partial charge in [0.2, 0.25) is 0 Å². The monoisotopic (exact) mass is 276 g/mol. The van der Waals surface area contributed by atoms with Crippen LogP contribution < -0.4 is 0 Å². The highest BCUT2D eigenvalue weighted by atomic mass is 19.4. The summed E-state index contributed by atoms with van der Waals surface area (Å²) in [4.78, 5) is 11.8. The van der Waals surface area contributed by atoms with Crippen molar-refractivity contribution in [1.82, 2.24) is 0 Å². The zero-order valence-electron chi connectivity index (χ0n) is 11.1. The van der Waals surface area contributed by atoms with Crippen LogP contribution in [0.15, 0.2) is 18.2 Å². The summed E-state index contributed by atoms with van der Waals surface area (Å²) in [5.41, 5.74) is -1.42. The standard InChI is InChI=1S/C14H16F4O/c1-13(2,3)7-6-12(19)9-4-5-10(11(15)8-9)14(16,17)18/h4-5,8H,6-7H2,1-3H3. The van der Waals surface area contributed by atoms with Gasteiger partial charge in [0.15, 0.2) is 5.78 Å². The topological polar surface area (TPSA) is 17.1 Å². The fourth-order valence-corrected chi connectivity index (χ4v) is 1.55. The molecule has 0 saturated carbocycles. The molecule has 0 aromatic heterocycles. The van der Waals surface area contributed by atoms with Crippen LogP contribution in [-0.2, 0) is 6.18 Å². The second-order valence-electron chi connectivity index (χ2n) is 5.68. The molecule has 0 aliphatic rings. The summed E-state index contributed by atoms with van der Waals surface area (Å²) in [7, 11) is 0. The van der Waals surface area contributed by atoms with Gasteiger partial charge in [-0.05, 0) is 24.0 Å². The first-order chi connectivity index (χ1) is 8.50. The van der Waals surface area contributed by atoms with Crippen molar-refractivity contribution in [3.63, 3.8) is 0 Å². The molecule has 1 aromatic carbocycles. The minimum absolute atomic E-state index is 0.0187. The zero-order valence-corrected chi connectivity index (χ0v) is 11.1. The van der Waals surface area contributed by atoms with Crippen LogP contribution in [0.3, 0.4) is 0 Å². The Labute approximate surface area is 109 Å². The molecule has 1 aromatic rings. The average Bonchev–Trinajstić information content (AvgIpc) is 2.22. The molecule has 0 aliphatic carbocycles. The van der Waals surface area contributed by atoms with Crippen LogP contribution in [0, 0.1) is 11.2 Å². The molecule has 5 heteroatoms. The lowest BCUT2D eigenvalue weighted by molar-refractivity contribution is -0.140. The van der Waals surface area contributed by atoms with Crippen molar-refractivity contribution < 1.29 is 22.4 Å². The van der Waals surface area contributed by atoms with Gasteiger partial charge in [-0.25, -0.2) is 4.39 Å². The van der Waals surface area contributed by atoms with E-state index in [9.17, 15) is 22.4 Å². The molecule has 0 aliphatic heterocycles. The quantitative estimate of drug-likeness (QED) is 0.569. The predicted molar refractivity (Wildman–Crippen MR) is 64.4 cm³/mol. The van der Waals surface area contributed by atoms with E-state index in [1.54, 1.807) is 0 Å². The molecule has 0 saturated heterocycles. The minimum Gasteiger partial charge on any atom is -0.294 e. The van der Waals surface area contributed by atoms with Crippen molar-refractivity contribution in [2.45, 2.75) is 39.8 Å². The first-order valence-corrected chi connectivity index (χ1v) is 5.91. The van der Waals surface area contributed by atoms with E-state index in [2.05, 4.69) is 0 Å². The van der Waals surface area contributed by atoms with E-state index >= 15 is 0 Å². The highest BCUT2D eigenvalue weighted by Crippen LogP contribution is 2.32. The van der Waals surface area contributed by atoms with Crippen LogP contribution in [0.25, 0.3) is 0 Å². The summed E-state index contributed by atoms with van der Waals surface area (Å²) in [5, 5.41) is 0. The number of carbonyl (C=O) groups is 1. The van der Waals surface area contributed by atoms with E-state index in [1.807, 2.05) is 20.8 Å². The number of carbonyl (C=O) groups excluding carboxylic acids is 1. The molecule has 106 valence electrons. The maximum Gasteiger partial charge on any atom is 0.419 e. The molecule has 0 unspecified atom stereocenters. The largest absolute Gasteiger partial charge is 0.419 e. The number of hydrogen-bond acceptors (Lipinski definition) is 1. The van der Waals surface area contributed by atoms with Gasteiger partial charge in [0.05, 0.1) is 5.56 Å². The molecule has 1 nitrogen and oxygen atoms in total. The van der Waals surface area contributed by atoms with Crippen LogP contribution in [0.4, 0.5) is 17.6 Å². The number of rotatable bonds is 3. The smallest absolute Gasteiger partial charge is 0.294 e. The first kappa shape index (κ1) is 15.7. The van der Waals surface area contributed by atoms with E-state index in [0.29, 0.717) is 18.6 Å². The number of hydrogen-bond donors (Lipinski definition) is 0. The number of alkyl halides is 3. The van der Waals surface area contributed by atoms with Crippen molar-refractivity contribution >= 4 is 5.78 Å². The Morgan fingerprint density at radius 3 is 2.16 bits per heavy atom. The third-order valence-electron chi connectivity index (χ3n) is 2.70. The van der Waals surface area contributed by atoms with E-state index in [-0.39, 0.29) is 23.2 Å². The van der Waals surface area contributed by atoms with Crippen molar-refractivity contribution in [2.75, 3.05) is 0 Å². The Kier molecular flexibility index (Phi) is 4.38. The SMILES string of the molecule is CC(C)(C)CCC(=O)c1ccc(C(F)(F)F)c(F)c1. The highest BCUT2D eigenvalue weighted by Gasteiger charge is 2.34. The highest BCUT2D eigenvalue weighted by molar-refractivity contribution is 5.96. The molecular formula is C14H16F4O. The minimum atomic E-state index is -4.74. The van der Waals surface area contributed by atoms with Crippen molar-refractivity contribution in [2.24, 2.45) is 5.41 Å². The van der Waals surface area contributed by atoms with Gasteiger partial charge in [0, 0.05) is 12.0 Å². The normalized spacial score (nSPS) is 12.6. The van der Waals surface area contributed by atoms with Crippen molar-refractivity contribution in [3.8, 4) is 0 Å². The summed E-state index contributed by atoms with van der Waals surface area (Å²) in [6, 6.07) is 2.30. The molecule has 0 heterocycles. The van der Waals surface area contributed by atoms with Gasteiger partial charge in [0.1, 0.15) is 5.82 Å². The van der Waals surface area contributed by atoms with E-state index in [0.717, 1.165) is 6.07 Å². The molecule has 0 fully saturated rings. The van der Waals surface area contributed by atoms with Crippen LogP contribution in [0.1, 0.15) is 49.5 Å². The lowest BCUT2D eigenvalue weighted by Crippen LogP contribution is -2.11. The van der Waals surface area contributed by atoms with E-state index < -0.39 is 17.6 Å². The summed E-state index contributed by atoms with van der Waals surface area (Å²) in [6.07, 6.45) is -3.96. The Balaban J connectivity index is 2.87. The summed E-state index contributed by atoms with van der Waals surface area (Å²) in [5.74, 6) is -1.75. The predicted octanol–water partition coefficient (Wildman–Crippen LogP) is 4.85. The Bertz CT molecular complexity index is 469. The van der Waals surface area contributed by atoms with Crippen LogP contribution in [0.2, 0.25) is 0 Å². The Morgan fingerprint density at radius 1 is 1.16 bits per heavy atom. The summed E-state index contributed by atoms with van der Waals surface area (Å²) >= 11 is 0. The Morgan fingerprint density at radius 2 is 1.74 bits per heavy atom. The van der Waals surface area contributed by atoms with Crippen molar-refractivity contribution in [3.05, 3.63) is 35.1 Å². The molecule has 0 spiro atoms. The van der Waals surface area contributed by atoms with Crippen molar-refractivity contribution in [1.29, 1.82) is 0 Å². The van der Waals surface area contributed by atoms with Gasteiger partial charge in [0.25, 0.3) is 0 Å². The van der Waals surface area contributed by atoms with E-state index in [1.165, 1.54) is 0 Å². The van der Waals surface area contributed by atoms with Gasteiger partial charge in [-0.15, -0.1) is 0 Å². The maximum atomic E-state index is 13.3. The fraction of sp³-hybridized carbons (Fsp3) is 0.500. The molecule has 19 heavy (non-hydrogen) atoms. The third-order valence-corrected chi connectivity index (χ3v) is 2.70. The number of ketones is 1. The first-order valence-electron chi connectivity index (χ1n) is 5.91. The molecular weight excluding hydrogens is 260 g/mol. The number of Topliss-reactive ketones (excluding diaryl/α,β-unsaturated/α-hetero) is 1. The lowest BCUT2D eigenvalue weighted by atomic mass is 9.88. The fourth-order valence-electron chi connectivity index (χ4n) is 1.55. The zero-order chi connectivity index (χ0) is 14.8. The van der Waals surface area contributed by atoms with Gasteiger partial charge in [-0.2, -0.15) is 13.2 Å². The second-order valence-corrected chi connectivity index (χ2v) is 5.68. The summed E-state index contributed by atoms with van der Waals surface area (Å²) in [6.45, 7) is 5.86. The maximum absolute atomic E-state index is 13.3. The molecule has 0 radical (unpaired) electrons. The lowest BCUT2D eigenvalue weighted by Gasteiger charge is -2.17. The number of benzene rings is 1. The second kappa shape index (κ2) is 5.31. The Hall–Kier alpha value is -1.39. The van der Waals surface area contributed by atoms with Crippen LogP contribution >= 0.6 is 0 Å². The number of halogens is 4. The summed E-state index contributed by atoms with van der Waals surface area (Å²) < 4.78 is 50.4. The molecule has 0 amide bonds. The molecule has 0 atom stereocenters. The molecule has 0 bridgehead atoms. The molecule has 1 rings (SSSR count).